The van der Waals surface area contributed by atoms with Crippen molar-refractivity contribution in [2.45, 2.75) is 17.9 Å². The monoisotopic (exact) mass is 435 g/mol. The Hall–Kier alpha value is -2.08. The Labute approximate surface area is 182 Å². The zero-order valence-corrected chi connectivity index (χ0v) is 17.8. The van der Waals surface area contributed by atoms with Crippen molar-refractivity contribution in [3.05, 3.63) is 90.5 Å². The maximum atomic E-state index is 12.9. The van der Waals surface area contributed by atoms with Gasteiger partial charge in [-0.1, -0.05) is 24.3 Å². The number of hydrogen-bond donors (Lipinski definition) is 0. The van der Waals surface area contributed by atoms with E-state index >= 15 is 0 Å². The van der Waals surface area contributed by atoms with Crippen LogP contribution in [0.2, 0.25) is 0 Å². The minimum Gasteiger partial charge on any atom is -0.333 e. The molecule has 3 aromatic rings. The largest absolute Gasteiger partial charge is 0.333 e. The van der Waals surface area contributed by atoms with Gasteiger partial charge in [-0.05, 0) is 48.6 Å². The van der Waals surface area contributed by atoms with E-state index in [0.717, 1.165) is 17.9 Å². The van der Waals surface area contributed by atoms with Crippen molar-refractivity contribution >= 4 is 42.5 Å². The molecular weight excluding hydrogens is 413 g/mol. The van der Waals surface area contributed by atoms with E-state index < -0.39 is 0 Å². The third-order valence-corrected chi connectivity index (χ3v) is 4.98. The van der Waals surface area contributed by atoms with E-state index in [1.165, 1.54) is 4.90 Å². The number of nitrogens with zero attached hydrogens (tertiary/aromatic N) is 3. The first kappa shape index (κ1) is 24.0. The maximum absolute atomic E-state index is 12.9. The van der Waals surface area contributed by atoms with Gasteiger partial charge in [-0.15, -0.1) is 36.6 Å². The first-order valence-electron chi connectivity index (χ1n) is 8.60. The van der Waals surface area contributed by atoms with Gasteiger partial charge in [-0.2, -0.15) is 0 Å². The molecule has 0 spiro atoms. The Bertz CT molecular complexity index is 808. The van der Waals surface area contributed by atoms with Crippen molar-refractivity contribution in [2.24, 2.45) is 0 Å². The summed E-state index contributed by atoms with van der Waals surface area (Å²) in [5.74, 6) is 0.996. The molecule has 3 rings (SSSR count). The van der Waals surface area contributed by atoms with E-state index in [2.05, 4.69) is 9.97 Å². The fourth-order valence-electron chi connectivity index (χ4n) is 2.58. The molecule has 0 fully saturated rings. The van der Waals surface area contributed by atoms with Crippen LogP contribution in [0.25, 0.3) is 0 Å². The molecule has 4 nitrogen and oxygen atoms in total. The Morgan fingerprint density at radius 2 is 1.61 bits per heavy atom. The highest BCUT2D eigenvalue weighted by atomic mass is 35.5. The summed E-state index contributed by atoms with van der Waals surface area (Å²) in [4.78, 5) is 24.4. The highest BCUT2D eigenvalue weighted by Crippen LogP contribution is 2.18. The zero-order chi connectivity index (χ0) is 18.0. The Morgan fingerprint density at radius 3 is 2.29 bits per heavy atom. The molecule has 0 aliphatic heterocycles. The maximum Gasteiger partial charge on any atom is 0.254 e. The molecule has 0 saturated heterocycles. The van der Waals surface area contributed by atoms with Crippen molar-refractivity contribution in [2.75, 3.05) is 12.3 Å². The average Bonchev–Trinajstić information content (AvgIpc) is 2.72. The topological polar surface area (TPSA) is 46.1 Å². The number of carbonyl (C=O) groups is 1. The fraction of sp³-hybridized carbons (Fsp3) is 0.190. The molecule has 1 amide bonds. The van der Waals surface area contributed by atoms with Gasteiger partial charge in [0.05, 0.1) is 12.2 Å². The minimum atomic E-state index is 0. The van der Waals surface area contributed by atoms with Crippen LogP contribution >= 0.6 is 36.6 Å². The van der Waals surface area contributed by atoms with Gasteiger partial charge < -0.3 is 4.90 Å². The molecule has 0 atom stereocenters. The van der Waals surface area contributed by atoms with Crippen LogP contribution in [0.5, 0.6) is 0 Å². The van der Waals surface area contributed by atoms with Crippen molar-refractivity contribution in [3.63, 3.8) is 0 Å². The smallest absolute Gasteiger partial charge is 0.254 e. The number of amides is 1. The van der Waals surface area contributed by atoms with Crippen LogP contribution in [0.3, 0.4) is 0 Å². The van der Waals surface area contributed by atoms with Crippen LogP contribution in [0.1, 0.15) is 22.5 Å². The number of aromatic nitrogens is 2. The molecule has 2 heterocycles. The highest BCUT2D eigenvalue weighted by Gasteiger charge is 2.16. The molecule has 7 heteroatoms. The van der Waals surface area contributed by atoms with E-state index in [-0.39, 0.29) is 30.7 Å². The van der Waals surface area contributed by atoms with E-state index in [0.29, 0.717) is 18.7 Å². The van der Waals surface area contributed by atoms with Crippen molar-refractivity contribution in [1.29, 1.82) is 0 Å². The van der Waals surface area contributed by atoms with Crippen LogP contribution in [0.4, 0.5) is 0 Å². The van der Waals surface area contributed by atoms with Crippen LogP contribution in [-0.4, -0.2) is 33.1 Å². The second-order valence-electron chi connectivity index (χ2n) is 5.80. The van der Waals surface area contributed by atoms with Gasteiger partial charge in [0.25, 0.3) is 5.91 Å². The SMILES string of the molecule is Cl.Cl.O=C(c1ccccc1)N(CCCSc1ccncc1)Cc1ccccn1. The lowest BCUT2D eigenvalue weighted by atomic mass is 10.2. The number of carbonyl (C=O) groups excluding carboxylic acids is 1. The summed E-state index contributed by atoms with van der Waals surface area (Å²) in [5, 5.41) is 0. The number of rotatable bonds is 8. The van der Waals surface area contributed by atoms with Gasteiger partial charge in [0.15, 0.2) is 0 Å². The molecule has 0 N–H and O–H groups in total. The summed E-state index contributed by atoms with van der Waals surface area (Å²) in [6, 6.07) is 19.2. The Morgan fingerprint density at radius 1 is 0.893 bits per heavy atom. The molecule has 0 unspecified atom stereocenters. The summed E-state index contributed by atoms with van der Waals surface area (Å²) in [6.45, 7) is 1.22. The number of thioether (sulfide) groups is 1. The lowest BCUT2D eigenvalue weighted by Gasteiger charge is -2.22. The van der Waals surface area contributed by atoms with E-state index in [9.17, 15) is 4.79 Å². The summed E-state index contributed by atoms with van der Waals surface area (Å²) < 4.78 is 0. The Kier molecular flexibility index (Phi) is 11.3. The van der Waals surface area contributed by atoms with Gasteiger partial charge in [0.2, 0.25) is 0 Å². The van der Waals surface area contributed by atoms with Crippen LogP contribution in [0, 0.1) is 0 Å². The molecule has 28 heavy (non-hydrogen) atoms. The van der Waals surface area contributed by atoms with Crippen molar-refractivity contribution in [1.82, 2.24) is 14.9 Å². The van der Waals surface area contributed by atoms with Crippen LogP contribution in [-0.2, 0) is 6.54 Å². The minimum absolute atomic E-state index is 0. The fourth-order valence-corrected chi connectivity index (χ4v) is 3.41. The van der Waals surface area contributed by atoms with Gasteiger partial charge >= 0.3 is 0 Å². The number of halogens is 2. The predicted octanol–water partition coefficient (Wildman–Crippen LogP) is 5.15. The van der Waals surface area contributed by atoms with Crippen LogP contribution < -0.4 is 0 Å². The quantitative estimate of drug-likeness (QED) is 0.362. The third-order valence-electron chi connectivity index (χ3n) is 3.88. The lowest BCUT2D eigenvalue weighted by Crippen LogP contribution is -2.32. The second kappa shape index (κ2) is 13.2. The molecule has 0 saturated carbocycles. The molecule has 0 bridgehead atoms. The van der Waals surface area contributed by atoms with Gasteiger partial charge in [-0.3, -0.25) is 14.8 Å². The van der Waals surface area contributed by atoms with E-state index in [1.54, 1.807) is 30.4 Å². The molecule has 1 aromatic carbocycles. The van der Waals surface area contributed by atoms with E-state index in [4.69, 9.17) is 0 Å². The second-order valence-corrected chi connectivity index (χ2v) is 6.97. The van der Waals surface area contributed by atoms with Gasteiger partial charge in [-0.25, -0.2) is 0 Å². The molecule has 0 radical (unpaired) electrons. The summed E-state index contributed by atoms with van der Waals surface area (Å²) in [5.41, 5.74) is 1.61. The molecule has 148 valence electrons. The molecule has 0 aliphatic carbocycles. The average molecular weight is 436 g/mol. The van der Waals surface area contributed by atoms with Crippen molar-refractivity contribution in [3.8, 4) is 0 Å². The number of pyridine rings is 2. The van der Waals surface area contributed by atoms with Crippen LogP contribution in [0.15, 0.2) is 84.1 Å². The van der Waals surface area contributed by atoms with Gasteiger partial charge in [0, 0.05) is 35.6 Å². The zero-order valence-electron chi connectivity index (χ0n) is 15.3. The number of hydrogen-bond acceptors (Lipinski definition) is 4. The highest BCUT2D eigenvalue weighted by molar-refractivity contribution is 7.99. The Balaban J connectivity index is 0.00000196. The molecular formula is C21H23Cl2N3OS. The standard InChI is InChI=1S/C21H21N3OS.2ClH/c25-21(18-7-2-1-3-8-18)24(17-19-9-4-5-12-23-19)15-6-16-26-20-10-13-22-14-11-20;;/h1-5,7-14H,6,15-17H2;2*1H. The predicted molar refractivity (Wildman–Crippen MR) is 119 cm³/mol. The molecule has 2 aromatic heterocycles. The summed E-state index contributed by atoms with van der Waals surface area (Å²) in [7, 11) is 0. The summed E-state index contributed by atoms with van der Waals surface area (Å²) in [6.07, 6.45) is 6.28. The third kappa shape index (κ3) is 7.50. The van der Waals surface area contributed by atoms with Crippen molar-refractivity contribution < 1.29 is 4.79 Å². The van der Waals surface area contributed by atoms with E-state index in [1.807, 2.05) is 65.6 Å². The first-order valence-corrected chi connectivity index (χ1v) is 9.58. The summed E-state index contributed by atoms with van der Waals surface area (Å²) >= 11 is 1.78. The first-order chi connectivity index (χ1) is 12.8. The normalized spacial score (nSPS) is 9.71. The lowest BCUT2D eigenvalue weighted by molar-refractivity contribution is 0.0741. The van der Waals surface area contributed by atoms with Gasteiger partial charge in [0.1, 0.15) is 0 Å². The molecule has 0 aliphatic rings. The number of benzene rings is 1.